The fourth-order valence-electron chi connectivity index (χ4n) is 2.63. The van der Waals surface area contributed by atoms with Crippen LogP contribution in [-0.2, 0) is 0 Å². The number of aromatic nitrogens is 3. The number of nitrogens with zero attached hydrogens (tertiary/aromatic N) is 4. The van der Waals surface area contributed by atoms with Crippen molar-refractivity contribution in [2.45, 2.75) is 19.3 Å². The highest BCUT2D eigenvalue weighted by Gasteiger charge is 2.14. The summed E-state index contributed by atoms with van der Waals surface area (Å²) in [4.78, 5) is 6.72. The number of anilines is 2. The molecule has 2 aromatic rings. The number of hydrogen-bond acceptors (Lipinski definition) is 7. The third kappa shape index (κ3) is 4.47. The van der Waals surface area contributed by atoms with E-state index in [2.05, 4.69) is 25.4 Å². The summed E-state index contributed by atoms with van der Waals surface area (Å²) >= 11 is 0. The van der Waals surface area contributed by atoms with Crippen molar-refractivity contribution in [1.82, 2.24) is 15.2 Å². The predicted molar refractivity (Wildman–Crippen MR) is 92.9 cm³/mol. The summed E-state index contributed by atoms with van der Waals surface area (Å²) in [6.45, 7) is 3.19. The van der Waals surface area contributed by atoms with E-state index in [1.807, 2.05) is 24.3 Å². The average molecular weight is 329 g/mol. The fourth-order valence-corrected chi connectivity index (χ4v) is 2.63. The maximum absolute atomic E-state index is 5.68. The highest BCUT2D eigenvalue weighted by atomic mass is 16.5. The van der Waals surface area contributed by atoms with Crippen molar-refractivity contribution in [3.05, 3.63) is 30.5 Å². The second-order valence-electron chi connectivity index (χ2n) is 5.64. The van der Waals surface area contributed by atoms with Gasteiger partial charge in [-0.1, -0.05) is 0 Å². The molecule has 7 heteroatoms. The van der Waals surface area contributed by atoms with Gasteiger partial charge < -0.3 is 19.7 Å². The molecule has 0 aliphatic carbocycles. The zero-order valence-corrected chi connectivity index (χ0v) is 13.9. The molecule has 0 bridgehead atoms. The molecular weight excluding hydrogens is 306 g/mol. The first-order valence-corrected chi connectivity index (χ1v) is 8.30. The van der Waals surface area contributed by atoms with Gasteiger partial charge in [0.2, 0.25) is 5.95 Å². The van der Waals surface area contributed by atoms with Crippen LogP contribution in [0.5, 0.6) is 11.5 Å². The summed E-state index contributed by atoms with van der Waals surface area (Å²) in [7, 11) is 1.65. The minimum Gasteiger partial charge on any atom is -0.497 e. The van der Waals surface area contributed by atoms with Crippen LogP contribution in [0.2, 0.25) is 0 Å². The number of benzene rings is 1. The summed E-state index contributed by atoms with van der Waals surface area (Å²) in [6, 6.07) is 7.53. The van der Waals surface area contributed by atoms with Crippen LogP contribution in [0.4, 0.5) is 11.8 Å². The number of hydrogen-bond donors (Lipinski definition) is 1. The average Bonchev–Trinajstić information content (AvgIpc) is 2.67. The Morgan fingerprint density at radius 2 is 1.83 bits per heavy atom. The SMILES string of the molecule is COc1ccc(OCCNc2cnnc(N3CCCCC3)n2)cc1. The molecule has 1 fully saturated rings. The Bertz CT molecular complexity index is 629. The standard InChI is InChI=1S/C17H23N5O2/c1-23-14-5-7-15(8-6-14)24-12-9-18-16-13-19-21-17(20-16)22-10-3-2-4-11-22/h5-8,13H,2-4,9-12H2,1H3,(H,18,20,21). The van der Waals surface area contributed by atoms with Crippen molar-refractivity contribution in [3.63, 3.8) is 0 Å². The molecule has 1 aromatic carbocycles. The van der Waals surface area contributed by atoms with Gasteiger partial charge in [0.1, 0.15) is 18.1 Å². The first-order valence-electron chi connectivity index (χ1n) is 8.30. The number of rotatable bonds is 7. The molecular formula is C17H23N5O2. The van der Waals surface area contributed by atoms with E-state index in [9.17, 15) is 0 Å². The van der Waals surface area contributed by atoms with Crippen molar-refractivity contribution in [2.75, 3.05) is 43.6 Å². The van der Waals surface area contributed by atoms with Crippen LogP contribution in [0, 0.1) is 0 Å². The lowest BCUT2D eigenvalue weighted by atomic mass is 10.1. The summed E-state index contributed by atoms with van der Waals surface area (Å²) in [5.74, 6) is 3.06. The van der Waals surface area contributed by atoms with Crippen molar-refractivity contribution < 1.29 is 9.47 Å². The maximum atomic E-state index is 5.68. The molecule has 7 nitrogen and oxygen atoms in total. The van der Waals surface area contributed by atoms with Gasteiger partial charge in [-0.3, -0.25) is 0 Å². The summed E-state index contributed by atoms with van der Waals surface area (Å²) in [5.41, 5.74) is 0. The number of piperidine rings is 1. The van der Waals surface area contributed by atoms with Crippen molar-refractivity contribution in [2.24, 2.45) is 0 Å². The Balaban J connectivity index is 1.45. The van der Waals surface area contributed by atoms with E-state index in [4.69, 9.17) is 9.47 Å². The zero-order valence-electron chi connectivity index (χ0n) is 13.9. The monoisotopic (exact) mass is 329 g/mol. The Kier molecular flexibility index (Phi) is 5.65. The van der Waals surface area contributed by atoms with Gasteiger partial charge in [-0.2, -0.15) is 10.1 Å². The molecule has 0 radical (unpaired) electrons. The molecule has 128 valence electrons. The van der Waals surface area contributed by atoms with Crippen molar-refractivity contribution >= 4 is 11.8 Å². The second kappa shape index (κ2) is 8.33. The molecule has 0 spiro atoms. The highest BCUT2D eigenvalue weighted by molar-refractivity contribution is 5.39. The molecule has 0 unspecified atom stereocenters. The molecule has 1 saturated heterocycles. The van der Waals surface area contributed by atoms with E-state index in [1.54, 1.807) is 13.3 Å². The lowest BCUT2D eigenvalue weighted by Gasteiger charge is -2.26. The number of methoxy groups -OCH3 is 1. The van der Waals surface area contributed by atoms with Gasteiger partial charge in [0.05, 0.1) is 19.9 Å². The van der Waals surface area contributed by atoms with E-state index >= 15 is 0 Å². The summed E-state index contributed by atoms with van der Waals surface area (Å²) in [5, 5.41) is 11.4. The predicted octanol–water partition coefficient (Wildman–Crippen LogP) is 2.36. The first kappa shape index (κ1) is 16.3. The van der Waals surface area contributed by atoms with Crippen LogP contribution in [0.3, 0.4) is 0 Å². The van der Waals surface area contributed by atoms with E-state index in [0.717, 1.165) is 30.4 Å². The highest BCUT2D eigenvalue weighted by Crippen LogP contribution is 2.17. The fraction of sp³-hybridized carbons (Fsp3) is 0.471. The summed E-state index contributed by atoms with van der Waals surface area (Å²) in [6.07, 6.45) is 5.30. The lowest BCUT2D eigenvalue weighted by molar-refractivity contribution is 0.331. The molecule has 1 N–H and O–H groups in total. The van der Waals surface area contributed by atoms with Crippen LogP contribution < -0.4 is 19.7 Å². The molecule has 1 aliphatic rings. The Morgan fingerprint density at radius 1 is 1.08 bits per heavy atom. The van der Waals surface area contributed by atoms with Crippen LogP contribution in [0.25, 0.3) is 0 Å². The van der Waals surface area contributed by atoms with E-state index < -0.39 is 0 Å². The third-order valence-electron chi connectivity index (χ3n) is 3.92. The lowest BCUT2D eigenvalue weighted by Crippen LogP contribution is -2.31. The van der Waals surface area contributed by atoms with Crippen LogP contribution in [0.1, 0.15) is 19.3 Å². The molecule has 1 aromatic heterocycles. The smallest absolute Gasteiger partial charge is 0.247 e. The van der Waals surface area contributed by atoms with Crippen LogP contribution in [0.15, 0.2) is 30.5 Å². The molecule has 0 saturated carbocycles. The minimum absolute atomic E-state index is 0.537. The molecule has 0 atom stereocenters. The Morgan fingerprint density at radius 3 is 2.58 bits per heavy atom. The van der Waals surface area contributed by atoms with Crippen LogP contribution >= 0.6 is 0 Å². The van der Waals surface area contributed by atoms with Gasteiger partial charge >= 0.3 is 0 Å². The first-order chi connectivity index (χ1) is 11.8. The van der Waals surface area contributed by atoms with Gasteiger partial charge in [-0.05, 0) is 43.5 Å². The quantitative estimate of drug-likeness (QED) is 0.782. The van der Waals surface area contributed by atoms with Crippen LogP contribution in [-0.4, -0.2) is 48.5 Å². The van der Waals surface area contributed by atoms with E-state index in [1.165, 1.54) is 19.3 Å². The summed E-state index contributed by atoms with van der Waals surface area (Å²) < 4.78 is 10.8. The van der Waals surface area contributed by atoms with E-state index in [-0.39, 0.29) is 0 Å². The molecule has 1 aliphatic heterocycles. The van der Waals surface area contributed by atoms with Gasteiger partial charge in [-0.15, -0.1) is 5.10 Å². The Hall–Kier alpha value is -2.57. The number of nitrogens with one attached hydrogen (secondary N) is 1. The molecule has 2 heterocycles. The van der Waals surface area contributed by atoms with Gasteiger partial charge in [-0.25, -0.2) is 0 Å². The molecule has 0 amide bonds. The Labute approximate surface area is 142 Å². The van der Waals surface area contributed by atoms with Gasteiger partial charge in [0.15, 0.2) is 5.82 Å². The largest absolute Gasteiger partial charge is 0.497 e. The molecule has 24 heavy (non-hydrogen) atoms. The van der Waals surface area contributed by atoms with Crippen molar-refractivity contribution in [1.29, 1.82) is 0 Å². The minimum atomic E-state index is 0.537. The van der Waals surface area contributed by atoms with E-state index in [0.29, 0.717) is 19.1 Å². The van der Waals surface area contributed by atoms with Gasteiger partial charge in [0.25, 0.3) is 0 Å². The maximum Gasteiger partial charge on any atom is 0.247 e. The van der Waals surface area contributed by atoms with Crippen molar-refractivity contribution in [3.8, 4) is 11.5 Å². The van der Waals surface area contributed by atoms with Gasteiger partial charge in [0, 0.05) is 13.1 Å². The topological polar surface area (TPSA) is 72.4 Å². The molecule has 3 rings (SSSR count). The normalized spacial score (nSPS) is 14.3. The second-order valence-corrected chi connectivity index (χ2v) is 5.64. The zero-order chi connectivity index (χ0) is 16.6. The third-order valence-corrected chi connectivity index (χ3v) is 3.92. The number of ether oxygens (including phenoxy) is 2.